The molecule has 0 saturated heterocycles. The molecular formula is C20H21N3O5S. The van der Waals surface area contributed by atoms with Crippen LogP contribution in [-0.4, -0.2) is 44.7 Å². The van der Waals surface area contributed by atoms with Crippen LogP contribution < -0.4 is 24.8 Å². The second-order valence-electron chi connectivity index (χ2n) is 6.62. The van der Waals surface area contributed by atoms with Gasteiger partial charge in [-0.2, -0.15) is 0 Å². The molecule has 3 amide bonds. The first kappa shape index (κ1) is 19.1. The van der Waals surface area contributed by atoms with Crippen molar-refractivity contribution >= 4 is 23.3 Å². The Balaban J connectivity index is 1.71. The van der Waals surface area contributed by atoms with Gasteiger partial charge in [0.15, 0.2) is 11.5 Å². The van der Waals surface area contributed by atoms with Crippen molar-refractivity contribution < 1.29 is 23.8 Å². The zero-order valence-electron chi connectivity index (χ0n) is 16.3. The fourth-order valence-electron chi connectivity index (χ4n) is 3.66. The topological polar surface area (TPSA) is 89.1 Å². The lowest BCUT2D eigenvalue weighted by atomic mass is 9.95. The Morgan fingerprint density at radius 1 is 1.14 bits per heavy atom. The number of carbonyl (C=O) groups is 2. The molecule has 0 saturated carbocycles. The van der Waals surface area contributed by atoms with Crippen LogP contribution in [0.5, 0.6) is 17.2 Å². The quantitative estimate of drug-likeness (QED) is 0.757. The van der Waals surface area contributed by atoms with Crippen LogP contribution in [0.3, 0.4) is 0 Å². The highest BCUT2D eigenvalue weighted by Gasteiger charge is 2.41. The number of methoxy groups -OCH3 is 3. The minimum atomic E-state index is -0.617. The largest absolute Gasteiger partial charge is 0.493 e. The fraction of sp³-hybridized carbons (Fsp3) is 0.300. The lowest BCUT2D eigenvalue weighted by Crippen LogP contribution is -2.44. The van der Waals surface area contributed by atoms with Gasteiger partial charge in [0.25, 0.3) is 5.91 Å². The first-order valence-corrected chi connectivity index (χ1v) is 9.85. The summed E-state index contributed by atoms with van der Waals surface area (Å²) >= 11 is 1.59. The maximum atomic E-state index is 13.2. The molecular weight excluding hydrogens is 394 g/mol. The number of carbonyl (C=O) groups excluding carboxylic acids is 2. The van der Waals surface area contributed by atoms with Crippen LogP contribution in [0, 0.1) is 0 Å². The fourth-order valence-corrected chi connectivity index (χ4v) is 4.38. The summed E-state index contributed by atoms with van der Waals surface area (Å²) in [7, 11) is 4.57. The van der Waals surface area contributed by atoms with Crippen molar-refractivity contribution in [3.05, 3.63) is 51.4 Å². The standard InChI is InChI=1S/C20H21N3O5S/c1-26-14-7-11(8-15(27-2)18(14)28-3)17-16-13(21-20(25)22-17)10-23(19(16)24)9-12-5-4-6-29-12/h4-8,17H,9-10H2,1-3H3,(H2,21,22,25). The van der Waals surface area contributed by atoms with Gasteiger partial charge in [0.2, 0.25) is 5.75 Å². The van der Waals surface area contributed by atoms with E-state index in [1.807, 2.05) is 17.5 Å². The van der Waals surface area contributed by atoms with E-state index in [0.29, 0.717) is 47.2 Å². The Morgan fingerprint density at radius 2 is 1.86 bits per heavy atom. The highest BCUT2D eigenvalue weighted by Crippen LogP contribution is 2.42. The zero-order valence-corrected chi connectivity index (χ0v) is 17.1. The van der Waals surface area contributed by atoms with E-state index < -0.39 is 6.04 Å². The number of amides is 3. The van der Waals surface area contributed by atoms with Gasteiger partial charge >= 0.3 is 6.03 Å². The van der Waals surface area contributed by atoms with Gasteiger partial charge in [-0.3, -0.25) is 4.79 Å². The first-order valence-electron chi connectivity index (χ1n) is 8.97. The summed E-state index contributed by atoms with van der Waals surface area (Å²) in [6.45, 7) is 0.863. The van der Waals surface area contributed by atoms with Crippen molar-refractivity contribution in [1.82, 2.24) is 15.5 Å². The lowest BCUT2D eigenvalue weighted by Gasteiger charge is -2.26. The van der Waals surface area contributed by atoms with Crippen molar-refractivity contribution in [2.45, 2.75) is 12.6 Å². The predicted molar refractivity (Wildman–Crippen MR) is 107 cm³/mol. The summed E-state index contributed by atoms with van der Waals surface area (Å²) in [5.41, 5.74) is 1.82. The number of thiophene rings is 1. The molecule has 152 valence electrons. The summed E-state index contributed by atoms with van der Waals surface area (Å²) in [5, 5.41) is 7.61. The molecule has 0 radical (unpaired) electrons. The van der Waals surface area contributed by atoms with Gasteiger partial charge in [0, 0.05) is 4.88 Å². The third-order valence-electron chi connectivity index (χ3n) is 4.97. The molecule has 29 heavy (non-hydrogen) atoms. The molecule has 3 heterocycles. The number of nitrogens with zero attached hydrogens (tertiary/aromatic N) is 1. The maximum absolute atomic E-state index is 13.2. The molecule has 1 atom stereocenters. The van der Waals surface area contributed by atoms with Crippen LogP contribution in [0.1, 0.15) is 16.5 Å². The van der Waals surface area contributed by atoms with Crippen molar-refractivity contribution in [3.63, 3.8) is 0 Å². The van der Waals surface area contributed by atoms with Gasteiger partial charge in [0.05, 0.1) is 51.7 Å². The van der Waals surface area contributed by atoms with Gasteiger partial charge in [-0.1, -0.05) is 6.07 Å². The highest BCUT2D eigenvalue weighted by atomic mass is 32.1. The van der Waals surface area contributed by atoms with Crippen LogP contribution in [0.2, 0.25) is 0 Å². The number of nitrogens with one attached hydrogen (secondary N) is 2. The molecule has 2 aliphatic rings. The van der Waals surface area contributed by atoms with Crippen LogP contribution >= 0.6 is 11.3 Å². The van der Waals surface area contributed by atoms with Gasteiger partial charge in [-0.15, -0.1) is 11.3 Å². The third kappa shape index (κ3) is 3.38. The molecule has 9 heteroatoms. The molecule has 2 N–H and O–H groups in total. The summed E-state index contributed by atoms with van der Waals surface area (Å²) in [5.74, 6) is 1.25. The Kier molecular flexibility index (Phi) is 5.06. The van der Waals surface area contributed by atoms with Crippen molar-refractivity contribution in [3.8, 4) is 17.2 Å². The van der Waals surface area contributed by atoms with Gasteiger partial charge in [-0.25, -0.2) is 4.79 Å². The SMILES string of the molecule is COc1cc(C2NC(=O)NC3=C2C(=O)N(Cc2cccs2)C3)cc(OC)c1OC. The summed E-state index contributed by atoms with van der Waals surface area (Å²) in [4.78, 5) is 28.3. The second kappa shape index (κ2) is 7.67. The average molecular weight is 415 g/mol. The summed E-state index contributed by atoms with van der Waals surface area (Å²) in [6, 6.07) is 6.47. The van der Waals surface area contributed by atoms with Crippen LogP contribution in [0.15, 0.2) is 40.9 Å². The van der Waals surface area contributed by atoms with E-state index >= 15 is 0 Å². The normalized spacial score (nSPS) is 18.3. The number of benzene rings is 1. The van der Waals surface area contributed by atoms with Crippen molar-refractivity contribution in [1.29, 1.82) is 0 Å². The van der Waals surface area contributed by atoms with E-state index in [-0.39, 0.29) is 11.9 Å². The smallest absolute Gasteiger partial charge is 0.319 e. The van der Waals surface area contributed by atoms with Crippen LogP contribution in [0.25, 0.3) is 0 Å². The molecule has 8 nitrogen and oxygen atoms in total. The molecule has 1 unspecified atom stereocenters. The number of hydrogen-bond acceptors (Lipinski definition) is 6. The number of rotatable bonds is 6. The summed E-state index contributed by atoms with van der Waals surface area (Å²) in [6.07, 6.45) is 0. The van der Waals surface area contributed by atoms with E-state index in [2.05, 4.69) is 10.6 Å². The second-order valence-corrected chi connectivity index (χ2v) is 7.66. The molecule has 2 aliphatic heterocycles. The van der Waals surface area contributed by atoms with Gasteiger partial charge < -0.3 is 29.7 Å². The molecule has 0 spiro atoms. The Labute approximate surface area is 172 Å². The zero-order chi connectivity index (χ0) is 20.5. The van der Waals surface area contributed by atoms with Gasteiger partial charge in [0.1, 0.15) is 0 Å². The first-order chi connectivity index (χ1) is 14.0. The maximum Gasteiger partial charge on any atom is 0.319 e. The van der Waals surface area contributed by atoms with Crippen LogP contribution in [-0.2, 0) is 11.3 Å². The summed E-state index contributed by atoms with van der Waals surface area (Å²) < 4.78 is 16.2. The Morgan fingerprint density at radius 3 is 2.45 bits per heavy atom. The molecule has 4 rings (SSSR count). The number of hydrogen-bond donors (Lipinski definition) is 2. The Hall–Kier alpha value is -3.20. The average Bonchev–Trinajstić information content (AvgIpc) is 3.34. The lowest BCUT2D eigenvalue weighted by molar-refractivity contribution is -0.126. The van der Waals surface area contributed by atoms with Crippen molar-refractivity contribution in [2.75, 3.05) is 27.9 Å². The molecule has 0 aliphatic carbocycles. The van der Waals surface area contributed by atoms with E-state index in [1.165, 1.54) is 21.3 Å². The number of ether oxygens (including phenoxy) is 3. The predicted octanol–water partition coefficient (Wildman–Crippen LogP) is 2.42. The minimum Gasteiger partial charge on any atom is -0.493 e. The molecule has 1 aromatic carbocycles. The van der Waals surface area contributed by atoms with Gasteiger partial charge in [-0.05, 0) is 29.1 Å². The Bertz CT molecular complexity index is 961. The minimum absolute atomic E-state index is 0.111. The van der Waals surface area contributed by atoms with E-state index in [1.54, 1.807) is 28.4 Å². The van der Waals surface area contributed by atoms with E-state index in [9.17, 15) is 9.59 Å². The van der Waals surface area contributed by atoms with Crippen LogP contribution in [0.4, 0.5) is 4.79 Å². The molecule has 1 aromatic heterocycles. The monoisotopic (exact) mass is 415 g/mol. The molecule has 2 aromatic rings. The third-order valence-corrected chi connectivity index (χ3v) is 5.83. The highest BCUT2D eigenvalue weighted by molar-refractivity contribution is 7.09. The molecule has 0 bridgehead atoms. The van der Waals surface area contributed by atoms with Crippen molar-refractivity contribution in [2.24, 2.45) is 0 Å². The molecule has 0 fully saturated rings. The number of urea groups is 1. The van der Waals surface area contributed by atoms with E-state index in [0.717, 1.165) is 4.88 Å². The van der Waals surface area contributed by atoms with E-state index in [4.69, 9.17) is 14.2 Å².